The third-order valence-corrected chi connectivity index (χ3v) is 4.81. The van der Waals surface area contributed by atoms with Crippen LogP contribution in [-0.2, 0) is 0 Å². The van der Waals surface area contributed by atoms with E-state index < -0.39 is 0 Å². The van der Waals surface area contributed by atoms with E-state index in [9.17, 15) is 10.2 Å². The number of benzene rings is 2. The fourth-order valence-corrected chi connectivity index (χ4v) is 3.24. The summed E-state index contributed by atoms with van der Waals surface area (Å²) in [7, 11) is 0. The van der Waals surface area contributed by atoms with Crippen LogP contribution in [0.2, 0.25) is 0 Å². The standard InChI is InChI=1S/C24H20N2O2/c1-17-3-5-23(27)21(15-17)25-11-7-19(8-12-25)20-9-13-26(14-10-20)22-16-18(2)4-6-24(22)28/h3-16H,1-2H3/p+2. The molecule has 0 fully saturated rings. The molecule has 0 saturated carbocycles. The van der Waals surface area contributed by atoms with Crippen LogP contribution in [0.5, 0.6) is 11.5 Å². The monoisotopic (exact) mass is 370 g/mol. The Morgan fingerprint density at radius 1 is 0.536 bits per heavy atom. The van der Waals surface area contributed by atoms with Crippen LogP contribution < -0.4 is 9.13 Å². The Morgan fingerprint density at radius 2 is 0.893 bits per heavy atom. The predicted molar refractivity (Wildman–Crippen MR) is 108 cm³/mol. The highest BCUT2D eigenvalue weighted by atomic mass is 16.3. The highest BCUT2D eigenvalue weighted by molar-refractivity contribution is 5.61. The minimum atomic E-state index is 0.252. The summed E-state index contributed by atoms with van der Waals surface area (Å²) < 4.78 is 3.81. The highest BCUT2D eigenvalue weighted by Crippen LogP contribution is 2.21. The highest BCUT2D eigenvalue weighted by Gasteiger charge is 2.14. The zero-order valence-corrected chi connectivity index (χ0v) is 15.9. The molecule has 0 aliphatic carbocycles. The van der Waals surface area contributed by atoms with E-state index in [4.69, 9.17) is 0 Å². The molecule has 2 N–H and O–H groups in total. The molecule has 2 aromatic carbocycles. The molecule has 0 aliphatic rings. The van der Waals surface area contributed by atoms with E-state index in [1.54, 1.807) is 12.1 Å². The van der Waals surface area contributed by atoms with Crippen molar-refractivity contribution < 1.29 is 19.3 Å². The van der Waals surface area contributed by atoms with E-state index in [0.717, 1.165) is 33.6 Å². The van der Waals surface area contributed by atoms with Crippen molar-refractivity contribution in [2.45, 2.75) is 13.8 Å². The van der Waals surface area contributed by atoms with Gasteiger partial charge in [0.2, 0.25) is 0 Å². The van der Waals surface area contributed by atoms with E-state index in [0.29, 0.717) is 0 Å². The lowest BCUT2D eigenvalue weighted by Gasteiger charge is -2.04. The van der Waals surface area contributed by atoms with Crippen LogP contribution in [0.15, 0.2) is 85.5 Å². The third-order valence-electron chi connectivity index (χ3n) is 4.81. The number of phenolic OH excluding ortho intramolecular Hbond substituents is 2. The van der Waals surface area contributed by atoms with Gasteiger partial charge in [-0.25, -0.2) is 0 Å². The van der Waals surface area contributed by atoms with E-state index in [-0.39, 0.29) is 11.5 Å². The lowest BCUT2D eigenvalue weighted by Crippen LogP contribution is -2.30. The average Bonchev–Trinajstić information content (AvgIpc) is 2.72. The van der Waals surface area contributed by atoms with Crippen molar-refractivity contribution >= 4 is 0 Å². The summed E-state index contributed by atoms with van der Waals surface area (Å²) in [6.45, 7) is 4.01. The largest absolute Gasteiger partial charge is 0.502 e. The van der Waals surface area contributed by atoms with Crippen molar-refractivity contribution in [1.29, 1.82) is 0 Å². The van der Waals surface area contributed by atoms with Gasteiger partial charge in [-0.05, 0) is 48.2 Å². The minimum Gasteiger partial charge on any atom is -0.502 e. The van der Waals surface area contributed by atoms with Crippen LogP contribution in [0, 0.1) is 13.8 Å². The maximum Gasteiger partial charge on any atom is 0.252 e. The van der Waals surface area contributed by atoms with Crippen molar-refractivity contribution in [2.24, 2.45) is 0 Å². The van der Waals surface area contributed by atoms with Gasteiger partial charge in [0.1, 0.15) is 0 Å². The van der Waals surface area contributed by atoms with Crippen molar-refractivity contribution in [3.63, 3.8) is 0 Å². The van der Waals surface area contributed by atoms with Crippen molar-refractivity contribution in [1.82, 2.24) is 0 Å². The van der Waals surface area contributed by atoms with Crippen molar-refractivity contribution in [3.8, 4) is 34.0 Å². The Hall–Kier alpha value is -3.66. The fourth-order valence-electron chi connectivity index (χ4n) is 3.24. The number of aromatic nitrogens is 2. The van der Waals surface area contributed by atoms with Gasteiger partial charge in [-0.15, -0.1) is 0 Å². The zero-order chi connectivity index (χ0) is 19.7. The van der Waals surface area contributed by atoms with E-state index in [1.165, 1.54) is 0 Å². The molecule has 0 amide bonds. The van der Waals surface area contributed by atoms with Gasteiger partial charge in [0, 0.05) is 36.4 Å². The number of pyridine rings is 2. The van der Waals surface area contributed by atoms with Gasteiger partial charge in [-0.1, -0.05) is 12.1 Å². The SMILES string of the molecule is Cc1ccc(O)c(-[n+]2ccc(-c3cc[n+](-c4cc(C)ccc4O)cc3)cc2)c1. The first-order chi connectivity index (χ1) is 13.5. The van der Waals surface area contributed by atoms with Gasteiger partial charge < -0.3 is 10.2 Å². The number of rotatable bonds is 3. The molecule has 28 heavy (non-hydrogen) atoms. The van der Waals surface area contributed by atoms with Gasteiger partial charge >= 0.3 is 0 Å². The topological polar surface area (TPSA) is 48.2 Å². The second-order valence-electron chi connectivity index (χ2n) is 6.97. The van der Waals surface area contributed by atoms with Crippen LogP contribution in [0.1, 0.15) is 11.1 Å². The molecule has 4 nitrogen and oxygen atoms in total. The predicted octanol–water partition coefficient (Wildman–Crippen LogP) is 3.94. The molecule has 4 rings (SSSR count). The van der Waals surface area contributed by atoms with Crippen molar-refractivity contribution in [3.05, 3.63) is 96.6 Å². The molecular formula is C24H22N2O2+2. The summed E-state index contributed by atoms with van der Waals surface area (Å²) in [5.74, 6) is 0.504. The molecule has 138 valence electrons. The van der Waals surface area contributed by atoms with E-state index in [2.05, 4.69) is 0 Å². The van der Waals surface area contributed by atoms with Gasteiger partial charge in [0.25, 0.3) is 11.4 Å². The molecule has 4 aromatic rings. The minimum absolute atomic E-state index is 0.252. The zero-order valence-electron chi connectivity index (χ0n) is 15.9. The Labute approximate surface area is 164 Å². The summed E-state index contributed by atoms with van der Waals surface area (Å²) in [5.41, 5.74) is 5.85. The summed E-state index contributed by atoms with van der Waals surface area (Å²) in [5, 5.41) is 20.2. The van der Waals surface area contributed by atoms with E-state index >= 15 is 0 Å². The number of aryl methyl sites for hydroxylation is 2. The normalized spacial score (nSPS) is 10.8. The molecule has 4 heteroatoms. The second-order valence-corrected chi connectivity index (χ2v) is 6.97. The van der Waals surface area contributed by atoms with E-state index in [1.807, 2.05) is 96.3 Å². The first kappa shape index (κ1) is 17.7. The molecule has 0 spiro atoms. The quantitative estimate of drug-likeness (QED) is 0.537. The average molecular weight is 370 g/mol. The first-order valence-electron chi connectivity index (χ1n) is 9.14. The summed E-state index contributed by atoms with van der Waals surface area (Å²) >= 11 is 0. The van der Waals surface area contributed by atoms with Gasteiger partial charge in [0.05, 0.1) is 0 Å². The van der Waals surface area contributed by atoms with Crippen LogP contribution in [0.4, 0.5) is 0 Å². The molecule has 0 radical (unpaired) electrons. The lowest BCUT2D eigenvalue weighted by atomic mass is 10.1. The van der Waals surface area contributed by atoms with Gasteiger partial charge in [0.15, 0.2) is 36.3 Å². The number of hydrogen-bond acceptors (Lipinski definition) is 2. The second kappa shape index (κ2) is 7.16. The molecule has 0 atom stereocenters. The van der Waals surface area contributed by atoms with Crippen LogP contribution >= 0.6 is 0 Å². The van der Waals surface area contributed by atoms with Crippen molar-refractivity contribution in [2.75, 3.05) is 0 Å². The molecule has 0 aliphatic heterocycles. The Morgan fingerprint density at radius 3 is 1.25 bits per heavy atom. The van der Waals surface area contributed by atoms with Gasteiger partial charge in [-0.3, -0.25) is 0 Å². The molecular weight excluding hydrogens is 348 g/mol. The molecule has 0 unspecified atom stereocenters. The third kappa shape index (κ3) is 3.45. The van der Waals surface area contributed by atoms with Crippen LogP contribution in [0.25, 0.3) is 22.5 Å². The first-order valence-corrected chi connectivity index (χ1v) is 9.14. The number of nitrogens with zero attached hydrogens (tertiary/aromatic N) is 2. The molecule has 2 heterocycles. The number of aromatic hydroxyl groups is 2. The lowest BCUT2D eigenvalue weighted by molar-refractivity contribution is -0.596. The smallest absolute Gasteiger partial charge is 0.252 e. The van der Waals surface area contributed by atoms with Crippen LogP contribution in [0.3, 0.4) is 0 Å². The Kier molecular flexibility index (Phi) is 4.53. The Bertz CT molecular complexity index is 1040. The fraction of sp³-hybridized carbons (Fsp3) is 0.0833. The van der Waals surface area contributed by atoms with Gasteiger partial charge in [-0.2, -0.15) is 9.13 Å². The summed E-state index contributed by atoms with van der Waals surface area (Å²) in [6, 6.07) is 19.2. The molecule has 2 aromatic heterocycles. The molecule has 0 bridgehead atoms. The Balaban J connectivity index is 1.63. The van der Waals surface area contributed by atoms with Crippen LogP contribution in [-0.4, -0.2) is 10.2 Å². The number of hydrogen-bond donors (Lipinski definition) is 2. The maximum atomic E-state index is 10.1. The molecule has 0 saturated heterocycles. The summed E-state index contributed by atoms with van der Waals surface area (Å²) in [6.07, 6.45) is 7.77. The maximum absolute atomic E-state index is 10.1. The summed E-state index contributed by atoms with van der Waals surface area (Å²) in [4.78, 5) is 0. The number of phenols is 2.